The molecule has 2 aromatic carbocycles. The van der Waals surface area contributed by atoms with Crippen molar-refractivity contribution in [3.63, 3.8) is 0 Å². The van der Waals surface area contributed by atoms with Crippen LogP contribution in [0.4, 0.5) is 5.82 Å². The van der Waals surface area contributed by atoms with Crippen LogP contribution < -0.4 is 10.2 Å². The standard InChI is InChI=1S/C24H27N5O2/c1-27(17-19-8-4-2-5-9-19)15-13-25-22(30)18-28-23-16-21(20-10-6-3-7-11-20)26-29(23)14-12-24(28)31/h2-11,16H,12-15,17-18H2,1H3,(H,25,30). The lowest BCUT2D eigenvalue weighted by Crippen LogP contribution is -2.45. The first-order chi connectivity index (χ1) is 15.1. The molecule has 2 amide bonds. The number of carbonyl (C=O) groups is 2. The first kappa shape index (κ1) is 20.8. The van der Waals surface area contributed by atoms with Crippen molar-refractivity contribution in [2.24, 2.45) is 0 Å². The Kier molecular flexibility index (Phi) is 6.43. The van der Waals surface area contributed by atoms with Crippen molar-refractivity contribution in [2.75, 3.05) is 31.6 Å². The number of aromatic nitrogens is 2. The minimum Gasteiger partial charge on any atom is -0.353 e. The maximum absolute atomic E-state index is 12.5. The molecule has 160 valence electrons. The molecule has 1 N–H and O–H groups in total. The molecule has 1 aliphatic heterocycles. The van der Waals surface area contributed by atoms with Crippen LogP contribution >= 0.6 is 0 Å². The quantitative estimate of drug-likeness (QED) is 0.612. The molecule has 7 heteroatoms. The molecule has 0 atom stereocenters. The average molecular weight is 418 g/mol. The Morgan fingerprint density at radius 3 is 2.55 bits per heavy atom. The van der Waals surface area contributed by atoms with Gasteiger partial charge in [-0.15, -0.1) is 0 Å². The number of anilines is 1. The summed E-state index contributed by atoms with van der Waals surface area (Å²) in [5, 5.41) is 7.55. The number of amides is 2. The normalized spacial score (nSPS) is 13.4. The summed E-state index contributed by atoms with van der Waals surface area (Å²) in [6.07, 6.45) is 0.343. The molecular formula is C24H27N5O2. The molecule has 0 radical (unpaired) electrons. The molecule has 0 unspecified atom stereocenters. The fourth-order valence-electron chi connectivity index (χ4n) is 3.73. The molecule has 0 saturated carbocycles. The minimum atomic E-state index is -0.169. The second-order valence-electron chi connectivity index (χ2n) is 7.78. The van der Waals surface area contributed by atoms with E-state index in [0.717, 1.165) is 24.3 Å². The topological polar surface area (TPSA) is 70.5 Å². The summed E-state index contributed by atoms with van der Waals surface area (Å²) in [5.41, 5.74) is 3.03. The third-order valence-corrected chi connectivity index (χ3v) is 5.36. The SMILES string of the molecule is CN(CCNC(=O)CN1C(=O)CCn2nc(-c3ccccc3)cc21)Cc1ccccc1. The lowest BCUT2D eigenvalue weighted by atomic mass is 10.1. The molecule has 4 rings (SSSR count). The monoisotopic (exact) mass is 417 g/mol. The molecule has 1 aliphatic rings. The van der Waals surface area contributed by atoms with Crippen molar-refractivity contribution in [2.45, 2.75) is 19.5 Å². The van der Waals surface area contributed by atoms with Crippen molar-refractivity contribution in [3.05, 3.63) is 72.3 Å². The molecule has 31 heavy (non-hydrogen) atoms. The lowest BCUT2D eigenvalue weighted by Gasteiger charge is -2.27. The molecule has 0 fully saturated rings. The molecule has 0 aliphatic carbocycles. The Morgan fingerprint density at radius 2 is 1.81 bits per heavy atom. The molecule has 0 bridgehead atoms. The van der Waals surface area contributed by atoms with E-state index in [4.69, 9.17) is 0 Å². The molecule has 7 nitrogen and oxygen atoms in total. The number of rotatable bonds is 8. The number of likely N-dealkylation sites (N-methyl/N-ethyl adjacent to an activating group) is 1. The van der Waals surface area contributed by atoms with Gasteiger partial charge in [0.2, 0.25) is 11.8 Å². The number of benzene rings is 2. The van der Waals surface area contributed by atoms with E-state index in [1.807, 2.05) is 66.3 Å². The smallest absolute Gasteiger partial charge is 0.240 e. The van der Waals surface area contributed by atoms with Gasteiger partial charge in [0.1, 0.15) is 12.4 Å². The Bertz CT molecular complexity index is 1030. The van der Waals surface area contributed by atoms with E-state index in [9.17, 15) is 9.59 Å². The highest BCUT2D eigenvalue weighted by atomic mass is 16.2. The zero-order chi connectivity index (χ0) is 21.6. The van der Waals surface area contributed by atoms with Crippen molar-refractivity contribution in [1.82, 2.24) is 20.0 Å². The van der Waals surface area contributed by atoms with Crippen molar-refractivity contribution in [1.29, 1.82) is 0 Å². The van der Waals surface area contributed by atoms with Gasteiger partial charge in [0.25, 0.3) is 0 Å². The molecule has 0 spiro atoms. The summed E-state index contributed by atoms with van der Waals surface area (Å²) in [6, 6.07) is 21.9. The van der Waals surface area contributed by atoms with Gasteiger partial charge in [-0.1, -0.05) is 60.7 Å². The van der Waals surface area contributed by atoms with Gasteiger partial charge in [-0.2, -0.15) is 5.10 Å². The Hall–Kier alpha value is -3.45. The van der Waals surface area contributed by atoms with Gasteiger partial charge in [0, 0.05) is 37.7 Å². The number of fused-ring (bicyclic) bond motifs is 1. The fraction of sp³-hybridized carbons (Fsp3) is 0.292. The first-order valence-electron chi connectivity index (χ1n) is 10.5. The highest BCUT2D eigenvalue weighted by Gasteiger charge is 2.28. The second kappa shape index (κ2) is 9.57. The maximum Gasteiger partial charge on any atom is 0.240 e. The predicted octanol–water partition coefficient (Wildman–Crippen LogP) is 2.54. The van der Waals surface area contributed by atoms with Crippen LogP contribution in [0.1, 0.15) is 12.0 Å². The van der Waals surface area contributed by atoms with Gasteiger partial charge in [0.15, 0.2) is 0 Å². The first-order valence-corrected chi connectivity index (χ1v) is 10.5. The lowest BCUT2D eigenvalue weighted by molar-refractivity contribution is -0.124. The summed E-state index contributed by atoms with van der Waals surface area (Å²) in [6.45, 7) is 2.61. The highest BCUT2D eigenvalue weighted by molar-refractivity contribution is 5.99. The third kappa shape index (κ3) is 5.19. The summed E-state index contributed by atoms with van der Waals surface area (Å²) in [4.78, 5) is 28.7. The largest absolute Gasteiger partial charge is 0.353 e. The van der Waals surface area contributed by atoms with Crippen LogP contribution in [0, 0.1) is 0 Å². The number of hydrogen-bond acceptors (Lipinski definition) is 4. The molecule has 1 aromatic heterocycles. The second-order valence-corrected chi connectivity index (χ2v) is 7.78. The van der Waals surface area contributed by atoms with Gasteiger partial charge in [-0.25, -0.2) is 4.68 Å². The van der Waals surface area contributed by atoms with Gasteiger partial charge in [-0.05, 0) is 12.6 Å². The minimum absolute atomic E-state index is 0.00115. The van der Waals surface area contributed by atoms with Crippen molar-refractivity contribution in [3.8, 4) is 11.3 Å². The van der Waals surface area contributed by atoms with Crippen LogP contribution in [-0.2, 0) is 22.7 Å². The van der Waals surface area contributed by atoms with Gasteiger partial charge >= 0.3 is 0 Å². The van der Waals surface area contributed by atoms with Gasteiger partial charge in [0.05, 0.1) is 12.2 Å². The number of aryl methyl sites for hydroxylation is 1. The summed E-state index contributed by atoms with van der Waals surface area (Å²) in [5.74, 6) is 0.451. The Labute approximate surface area is 182 Å². The van der Waals surface area contributed by atoms with Crippen LogP contribution in [-0.4, -0.2) is 53.2 Å². The average Bonchev–Trinajstić information content (AvgIpc) is 3.22. The van der Waals surface area contributed by atoms with Crippen LogP contribution in [0.5, 0.6) is 0 Å². The maximum atomic E-state index is 12.5. The van der Waals surface area contributed by atoms with Crippen LogP contribution in [0.3, 0.4) is 0 Å². The number of carbonyl (C=O) groups excluding carboxylic acids is 2. The summed E-state index contributed by atoms with van der Waals surface area (Å²) >= 11 is 0. The van der Waals surface area contributed by atoms with Gasteiger partial charge < -0.3 is 10.2 Å². The van der Waals surface area contributed by atoms with E-state index in [1.54, 1.807) is 0 Å². The number of nitrogens with zero attached hydrogens (tertiary/aromatic N) is 4. The Balaban J connectivity index is 1.33. The summed E-state index contributed by atoms with van der Waals surface area (Å²) in [7, 11) is 2.02. The van der Waals surface area contributed by atoms with Crippen LogP contribution in [0.25, 0.3) is 11.3 Å². The van der Waals surface area contributed by atoms with E-state index < -0.39 is 0 Å². The van der Waals surface area contributed by atoms with E-state index in [-0.39, 0.29) is 18.4 Å². The number of hydrogen-bond donors (Lipinski definition) is 1. The van der Waals surface area contributed by atoms with E-state index >= 15 is 0 Å². The zero-order valence-electron chi connectivity index (χ0n) is 17.7. The Morgan fingerprint density at radius 1 is 1.10 bits per heavy atom. The molecule has 0 saturated heterocycles. The third-order valence-electron chi connectivity index (χ3n) is 5.36. The van der Waals surface area contributed by atoms with Crippen LogP contribution in [0.2, 0.25) is 0 Å². The molecule has 3 aromatic rings. The number of nitrogens with one attached hydrogen (secondary N) is 1. The van der Waals surface area contributed by atoms with Crippen molar-refractivity contribution < 1.29 is 9.59 Å². The van der Waals surface area contributed by atoms with Crippen LogP contribution in [0.15, 0.2) is 66.7 Å². The molecule has 2 heterocycles. The van der Waals surface area contributed by atoms with Gasteiger partial charge in [-0.3, -0.25) is 14.5 Å². The van der Waals surface area contributed by atoms with E-state index in [2.05, 4.69) is 27.4 Å². The van der Waals surface area contributed by atoms with E-state index in [1.165, 1.54) is 10.5 Å². The van der Waals surface area contributed by atoms with E-state index in [0.29, 0.717) is 25.3 Å². The molecular weight excluding hydrogens is 390 g/mol. The highest BCUT2D eigenvalue weighted by Crippen LogP contribution is 2.27. The fourth-order valence-corrected chi connectivity index (χ4v) is 3.73. The predicted molar refractivity (Wildman–Crippen MR) is 120 cm³/mol. The zero-order valence-corrected chi connectivity index (χ0v) is 17.7. The van der Waals surface area contributed by atoms with Crippen molar-refractivity contribution >= 4 is 17.6 Å². The summed E-state index contributed by atoms with van der Waals surface area (Å²) < 4.78 is 1.81.